The van der Waals surface area contributed by atoms with E-state index in [0.29, 0.717) is 5.82 Å². The molecular formula is C22H19N3O2. The number of carbonyl (C=O) groups excluding carboxylic acids is 1. The molecule has 0 aliphatic carbocycles. The molecule has 4 rings (SSSR count). The Balaban J connectivity index is 1.64. The van der Waals surface area contributed by atoms with Gasteiger partial charge in [-0.25, -0.2) is 9.97 Å². The van der Waals surface area contributed by atoms with Crippen LogP contribution in [0.2, 0.25) is 0 Å². The summed E-state index contributed by atoms with van der Waals surface area (Å²) in [5.41, 5.74) is 2.01. The summed E-state index contributed by atoms with van der Waals surface area (Å²) in [6.07, 6.45) is 0. The highest BCUT2D eigenvalue weighted by molar-refractivity contribution is 6.01. The van der Waals surface area contributed by atoms with Crippen LogP contribution in [0.4, 0.5) is 0 Å². The van der Waals surface area contributed by atoms with Crippen molar-refractivity contribution in [3.05, 3.63) is 77.7 Å². The molecule has 4 aromatic rings. The molecule has 0 saturated carbocycles. The van der Waals surface area contributed by atoms with Crippen LogP contribution in [0.3, 0.4) is 0 Å². The molecule has 27 heavy (non-hydrogen) atoms. The van der Waals surface area contributed by atoms with E-state index in [1.807, 2.05) is 55.5 Å². The quantitative estimate of drug-likeness (QED) is 0.600. The molecule has 0 fully saturated rings. The molecule has 1 heterocycles. The maximum Gasteiger partial charge on any atom is 0.257 e. The molecule has 0 radical (unpaired) electrons. The van der Waals surface area contributed by atoms with Crippen molar-refractivity contribution in [2.24, 2.45) is 0 Å². The Kier molecular flexibility index (Phi) is 4.20. The van der Waals surface area contributed by atoms with Crippen molar-refractivity contribution in [3.63, 3.8) is 0 Å². The van der Waals surface area contributed by atoms with E-state index in [0.717, 1.165) is 27.4 Å². The number of phenolic OH excluding ortho intramolecular Hbond substituents is 1. The number of amides is 1. The standard InChI is InChI=1S/C22H19N3O2/c1-14-17-9-5-6-10-19(17)24-21(23-14)13-25(2)22(27)18-11-15-7-3-4-8-16(15)12-20(18)26/h3-12,26H,13H2,1-2H3. The number of rotatable bonds is 3. The number of benzene rings is 3. The number of carbonyl (C=O) groups is 1. The van der Waals surface area contributed by atoms with Crippen LogP contribution < -0.4 is 0 Å². The lowest BCUT2D eigenvalue weighted by molar-refractivity contribution is 0.0778. The lowest BCUT2D eigenvalue weighted by Crippen LogP contribution is -2.27. The van der Waals surface area contributed by atoms with Gasteiger partial charge in [-0.2, -0.15) is 0 Å². The molecule has 5 heteroatoms. The highest BCUT2D eigenvalue weighted by Crippen LogP contribution is 2.26. The summed E-state index contributed by atoms with van der Waals surface area (Å²) < 4.78 is 0. The molecule has 3 aromatic carbocycles. The number of hydrogen-bond donors (Lipinski definition) is 1. The van der Waals surface area contributed by atoms with Crippen molar-refractivity contribution in [2.45, 2.75) is 13.5 Å². The summed E-state index contributed by atoms with van der Waals surface area (Å²) in [6.45, 7) is 2.20. The fourth-order valence-electron chi connectivity index (χ4n) is 3.25. The highest BCUT2D eigenvalue weighted by atomic mass is 16.3. The number of aromatic nitrogens is 2. The third-order valence-electron chi connectivity index (χ3n) is 4.66. The smallest absolute Gasteiger partial charge is 0.257 e. The van der Waals surface area contributed by atoms with Crippen LogP contribution in [0, 0.1) is 6.92 Å². The van der Waals surface area contributed by atoms with Gasteiger partial charge in [-0.05, 0) is 35.9 Å². The maximum atomic E-state index is 12.9. The molecule has 0 unspecified atom stereocenters. The van der Waals surface area contributed by atoms with Gasteiger partial charge in [0, 0.05) is 18.1 Å². The predicted octanol–water partition coefficient (Wildman–Crippen LogP) is 4.07. The van der Waals surface area contributed by atoms with Crippen LogP contribution in [-0.4, -0.2) is 32.9 Å². The van der Waals surface area contributed by atoms with E-state index in [1.54, 1.807) is 19.2 Å². The largest absolute Gasteiger partial charge is 0.507 e. The van der Waals surface area contributed by atoms with Gasteiger partial charge in [0.15, 0.2) is 0 Å². The number of hydrogen-bond acceptors (Lipinski definition) is 4. The molecule has 1 aromatic heterocycles. The zero-order valence-electron chi connectivity index (χ0n) is 15.2. The monoisotopic (exact) mass is 357 g/mol. The number of fused-ring (bicyclic) bond motifs is 2. The number of aryl methyl sites for hydroxylation is 1. The van der Waals surface area contributed by atoms with Crippen molar-refractivity contribution >= 4 is 27.6 Å². The molecule has 0 bridgehead atoms. The molecule has 134 valence electrons. The van der Waals surface area contributed by atoms with Crippen molar-refractivity contribution in [1.29, 1.82) is 0 Å². The van der Waals surface area contributed by atoms with Gasteiger partial charge in [-0.3, -0.25) is 4.79 Å². The number of para-hydroxylation sites is 1. The Morgan fingerprint density at radius 3 is 2.44 bits per heavy atom. The second kappa shape index (κ2) is 6.68. The first-order valence-corrected chi connectivity index (χ1v) is 8.72. The average Bonchev–Trinajstić information content (AvgIpc) is 2.67. The lowest BCUT2D eigenvalue weighted by Gasteiger charge is -2.18. The minimum atomic E-state index is -0.271. The highest BCUT2D eigenvalue weighted by Gasteiger charge is 2.18. The molecule has 0 spiro atoms. The predicted molar refractivity (Wildman–Crippen MR) is 106 cm³/mol. The molecule has 0 saturated heterocycles. The summed E-state index contributed by atoms with van der Waals surface area (Å²) in [4.78, 5) is 23.5. The van der Waals surface area contributed by atoms with E-state index in [4.69, 9.17) is 0 Å². The molecule has 0 aliphatic heterocycles. The number of phenols is 1. The minimum Gasteiger partial charge on any atom is -0.507 e. The van der Waals surface area contributed by atoms with Crippen LogP contribution in [0.5, 0.6) is 5.75 Å². The van der Waals surface area contributed by atoms with Gasteiger partial charge >= 0.3 is 0 Å². The van der Waals surface area contributed by atoms with Gasteiger partial charge in [-0.1, -0.05) is 42.5 Å². The minimum absolute atomic E-state index is 0.0267. The van der Waals surface area contributed by atoms with Gasteiger partial charge in [0.05, 0.1) is 17.6 Å². The van der Waals surface area contributed by atoms with Gasteiger partial charge in [-0.15, -0.1) is 0 Å². The van der Waals surface area contributed by atoms with E-state index < -0.39 is 0 Å². The first-order valence-electron chi connectivity index (χ1n) is 8.72. The summed E-state index contributed by atoms with van der Waals surface area (Å²) in [6, 6.07) is 18.8. The van der Waals surface area contributed by atoms with Crippen molar-refractivity contribution < 1.29 is 9.90 Å². The average molecular weight is 357 g/mol. The number of nitrogens with zero attached hydrogens (tertiary/aromatic N) is 3. The van der Waals surface area contributed by atoms with E-state index in [1.165, 1.54) is 4.90 Å². The van der Waals surface area contributed by atoms with E-state index >= 15 is 0 Å². The van der Waals surface area contributed by atoms with E-state index in [-0.39, 0.29) is 23.8 Å². The Morgan fingerprint density at radius 1 is 1.00 bits per heavy atom. The fourth-order valence-corrected chi connectivity index (χ4v) is 3.25. The molecule has 0 aliphatic rings. The van der Waals surface area contributed by atoms with Crippen LogP contribution in [0.15, 0.2) is 60.7 Å². The van der Waals surface area contributed by atoms with Crippen LogP contribution in [-0.2, 0) is 6.54 Å². The Bertz CT molecular complexity index is 1170. The topological polar surface area (TPSA) is 66.3 Å². The fraction of sp³-hybridized carbons (Fsp3) is 0.136. The Morgan fingerprint density at radius 2 is 1.67 bits per heavy atom. The zero-order valence-corrected chi connectivity index (χ0v) is 15.2. The lowest BCUT2D eigenvalue weighted by atomic mass is 10.1. The summed E-state index contributed by atoms with van der Waals surface area (Å²) >= 11 is 0. The SMILES string of the molecule is Cc1nc(CN(C)C(=O)c2cc3ccccc3cc2O)nc2ccccc12. The number of aromatic hydroxyl groups is 1. The Hall–Kier alpha value is -3.47. The summed E-state index contributed by atoms with van der Waals surface area (Å²) in [5, 5.41) is 13.1. The van der Waals surface area contributed by atoms with E-state index in [9.17, 15) is 9.90 Å². The zero-order chi connectivity index (χ0) is 19.0. The van der Waals surface area contributed by atoms with Gasteiger partial charge in [0.1, 0.15) is 11.6 Å². The van der Waals surface area contributed by atoms with Crippen LogP contribution in [0.25, 0.3) is 21.7 Å². The van der Waals surface area contributed by atoms with Gasteiger partial charge < -0.3 is 10.0 Å². The van der Waals surface area contributed by atoms with Gasteiger partial charge in [0.25, 0.3) is 5.91 Å². The first kappa shape index (κ1) is 17.0. The first-order chi connectivity index (χ1) is 13.0. The van der Waals surface area contributed by atoms with Crippen LogP contribution in [0.1, 0.15) is 21.9 Å². The molecule has 1 N–H and O–H groups in total. The van der Waals surface area contributed by atoms with Crippen LogP contribution >= 0.6 is 0 Å². The van der Waals surface area contributed by atoms with Crippen molar-refractivity contribution in [1.82, 2.24) is 14.9 Å². The molecule has 1 amide bonds. The second-order valence-corrected chi connectivity index (χ2v) is 6.62. The molecular weight excluding hydrogens is 338 g/mol. The summed E-state index contributed by atoms with van der Waals surface area (Å²) in [5.74, 6) is 0.274. The second-order valence-electron chi connectivity index (χ2n) is 6.62. The third kappa shape index (κ3) is 3.19. The molecule has 5 nitrogen and oxygen atoms in total. The third-order valence-corrected chi connectivity index (χ3v) is 4.66. The van der Waals surface area contributed by atoms with Gasteiger partial charge in [0.2, 0.25) is 0 Å². The Labute approximate surface area is 156 Å². The van der Waals surface area contributed by atoms with E-state index in [2.05, 4.69) is 9.97 Å². The molecule has 0 atom stereocenters. The van der Waals surface area contributed by atoms with Crippen molar-refractivity contribution in [2.75, 3.05) is 7.05 Å². The summed E-state index contributed by atoms with van der Waals surface area (Å²) in [7, 11) is 1.69. The normalized spacial score (nSPS) is 11.0. The van der Waals surface area contributed by atoms with Crippen molar-refractivity contribution in [3.8, 4) is 5.75 Å². The maximum absolute atomic E-state index is 12.9.